The Bertz CT molecular complexity index is 555. The lowest BCUT2D eigenvalue weighted by Crippen LogP contribution is -2.33. The van der Waals surface area contributed by atoms with E-state index in [4.69, 9.17) is 0 Å². The predicted molar refractivity (Wildman–Crippen MR) is 79.0 cm³/mol. The van der Waals surface area contributed by atoms with Crippen molar-refractivity contribution in [1.82, 2.24) is 15.6 Å². The Labute approximate surface area is 119 Å². The van der Waals surface area contributed by atoms with Gasteiger partial charge in [-0.3, -0.25) is 9.78 Å². The Morgan fingerprint density at radius 2 is 2.05 bits per heavy atom. The van der Waals surface area contributed by atoms with E-state index in [0.29, 0.717) is 19.6 Å². The number of hydrogen-bond donors (Lipinski definition) is 2. The molecule has 0 aliphatic carbocycles. The molecule has 2 rings (SSSR count). The maximum atomic E-state index is 11.7. The van der Waals surface area contributed by atoms with E-state index in [-0.39, 0.29) is 5.91 Å². The Morgan fingerprint density at radius 1 is 1.15 bits per heavy atom. The first-order chi connectivity index (χ1) is 9.74. The zero-order valence-electron chi connectivity index (χ0n) is 11.6. The summed E-state index contributed by atoms with van der Waals surface area (Å²) in [6, 6.07) is 13.9. The zero-order chi connectivity index (χ0) is 14.2. The third kappa shape index (κ3) is 4.82. The van der Waals surface area contributed by atoms with Crippen LogP contribution in [0.1, 0.15) is 16.8 Å². The third-order valence-electron chi connectivity index (χ3n) is 2.89. The van der Waals surface area contributed by atoms with E-state index >= 15 is 0 Å². The number of pyridine rings is 1. The number of amides is 1. The highest BCUT2D eigenvalue weighted by Crippen LogP contribution is 2.02. The van der Waals surface area contributed by atoms with E-state index in [2.05, 4.69) is 34.7 Å². The Morgan fingerprint density at radius 3 is 2.80 bits per heavy atom. The van der Waals surface area contributed by atoms with Crippen LogP contribution in [-0.4, -0.2) is 17.4 Å². The Balaban J connectivity index is 1.68. The number of nitrogens with zero attached hydrogens (tertiary/aromatic N) is 1. The number of carbonyl (C=O) groups excluding carboxylic acids is 1. The van der Waals surface area contributed by atoms with Crippen LogP contribution in [0.3, 0.4) is 0 Å². The van der Waals surface area contributed by atoms with E-state index in [1.54, 1.807) is 6.20 Å². The molecule has 0 saturated heterocycles. The number of benzene rings is 1. The van der Waals surface area contributed by atoms with Crippen molar-refractivity contribution in [3.05, 3.63) is 65.5 Å². The van der Waals surface area contributed by atoms with Crippen LogP contribution in [0, 0.1) is 6.92 Å². The maximum absolute atomic E-state index is 11.7. The molecule has 0 fully saturated rings. The fourth-order valence-electron chi connectivity index (χ4n) is 1.90. The average molecular weight is 269 g/mol. The molecule has 0 aliphatic heterocycles. The van der Waals surface area contributed by atoms with Crippen LogP contribution in [0.15, 0.2) is 48.7 Å². The van der Waals surface area contributed by atoms with Crippen LogP contribution in [0.25, 0.3) is 0 Å². The van der Waals surface area contributed by atoms with Gasteiger partial charge in [-0.15, -0.1) is 0 Å². The molecular weight excluding hydrogens is 250 g/mol. The van der Waals surface area contributed by atoms with Crippen LogP contribution in [0.4, 0.5) is 0 Å². The van der Waals surface area contributed by atoms with Gasteiger partial charge in [0, 0.05) is 12.7 Å². The smallest absolute Gasteiger partial charge is 0.234 e. The largest absolute Gasteiger partial charge is 0.349 e. The monoisotopic (exact) mass is 269 g/mol. The first-order valence-electron chi connectivity index (χ1n) is 6.67. The van der Waals surface area contributed by atoms with E-state index in [1.165, 1.54) is 11.1 Å². The highest BCUT2D eigenvalue weighted by Gasteiger charge is 2.01. The molecule has 0 bridgehead atoms. The minimum absolute atomic E-state index is 0.0247. The summed E-state index contributed by atoms with van der Waals surface area (Å²) in [5.41, 5.74) is 3.27. The van der Waals surface area contributed by atoms with Gasteiger partial charge in [0.25, 0.3) is 0 Å². The zero-order valence-corrected chi connectivity index (χ0v) is 11.6. The molecule has 104 valence electrons. The second-order valence-corrected chi connectivity index (χ2v) is 4.69. The molecule has 0 radical (unpaired) electrons. The summed E-state index contributed by atoms with van der Waals surface area (Å²) in [4.78, 5) is 15.8. The number of hydrogen-bond acceptors (Lipinski definition) is 3. The molecule has 1 aromatic heterocycles. The molecule has 0 saturated carbocycles. The highest BCUT2D eigenvalue weighted by atomic mass is 16.1. The first kappa shape index (κ1) is 14.2. The molecule has 2 N–H and O–H groups in total. The molecular formula is C16H19N3O. The highest BCUT2D eigenvalue weighted by molar-refractivity contribution is 5.77. The molecule has 1 aromatic carbocycles. The molecule has 2 aromatic rings. The van der Waals surface area contributed by atoms with Crippen molar-refractivity contribution in [3.8, 4) is 0 Å². The number of rotatable bonds is 6. The molecule has 0 atom stereocenters. The summed E-state index contributed by atoms with van der Waals surface area (Å²) in [7, 11) is 0. The third-order valence-corrected chi connectivity index (χ3v) is 2.89. The first-order valence-corrected chi connectivity index (χ1v) is 6.67. The number of carbonyl (C=O) groups is 1. The van der Waals surface area contributed by atoms with Crippen molar-refractivity contribution >= 4 is 5.91 Å². The van der Waals surface area contributed by atoms with Gasteiger partial charge >= 0.3 is 0 Å². The lowest BCUT2D eigenvalue weighted by atomic mass is 10.1. The van der Waals surface area contributed by atoms with Gasteiger partial charge in [0.15, 0.2) is 0 Å². The van der Waals surface area contributed by atoms with Crippen LogP contribution in [0.5, 0.6) is 0 Å². The van der Waals surface area contributed by atoms with Crippen LogP contribution in [-0.2, 0) is 17.9 Å². The lowest BCUT2D eigenvalue weighted by molar-refractivity contribution is -0.120. The SMILES string of the molecule is Cc1cccc(CNCC(=O)NCc2ccccn2)c1. The number of aromatic nitrogens is 1. The second kappa shape index (κ2) is 7.40. The molecule has 1 heterocycles. The second-order valence-electron chi connectivity index (χ2n) is 4.69. The molecule has 0 spiro atoms. The van der Waals surface area contributed by atoms with Crippen LogP contribution >= 0.6 is 0 Å². The normalized spacial score (nSPS) is 10.2. The summed E-state index contributed by atoms with van der Waals surface area (Å²) >= 11 is 0. The minimum atomic E-state index is -0.0247. The van der Waals surface area contributed by atoms with Gasteiger partial charge in [0.2, 0.25) is 5.91 Å². The molecule has 0 aliphatic rings. The average Bonchev–Trinajstić information content (AvgIpc) is 2.46. The summed E-state index contributed by atoms with van der Waals surface area (Å²) in [5, 5.41) is 5.97. The summed E-state index contributed by atoms with van der Waals surface area (Å²) in [6.45, 7) is 3.52. The van der Waals surface area contributed by atoms with Gasteiger partial charge in [-0.05, 0) is 24.6 Å². The van der Waals surface area contributed by atoms with Gasteiger partial charge in [-0.2, -0.15) is 0 Å². The number of nitrogens with one attached hydrogen (secondary N) is 2. The summed E-state index contributed by atoms with van der Waals surface area (Å²) in [5.74, 6) is -0.0247. The molecule has 0 unspecified atom stereocenters. The van der Waals surface area contributed by atoms with Crippen molar-refractivity contribution in [2.45, 2.75) is 20.0 Å². The van der Waals surface area contributed by atoms with Gasteiger partial charge in [-0.25, -0.2) is 0 Å². The van der Waals surface area contributed by atoms with Crippen molar-refractivity contribution in [3.63, 3.8) is 0 Å². The molecule has 4 nitrogen and oxygen atoms in total. The van der Waals surface area contributed by atoms with Gasteiger partial charge in [0.05, 0.1) is 18.8 Å². The van der Waals surface area contributed by atoms with Crippen LogP contribution in [0.2, 0.25) is 0 Å². The maximum Gasteiger partial charge on any atom is 0.234 e. The minimum Gasteiger partial charge on any atom is -0.349 e. The molecule has 20 heavy (non-hydrogen) atoms. The lowest BCUT2D eigenvalue weighted by Gasteiger charge is -2.07. The summed E-state index contributed by atoms with van der Waals surface area (Å²) < 4.78 is 0. The topological polar surface area (TPSA) is 54.0 Å². The van der Waals surface area contributed by atoms with Crippen molar-refractivity contribution < 1.29 is 4.79 Å². The van der Waals surface area contributed by atoms with Crippen molar-refractivity contribution in [2.75, 3.05) is 6.54 Å². The van der Waals surface area contributed by atoms with Gasteiger partial charge < -0.3 is 10.6 Å². The van der Waals surface area contributed by atoms with Crippen LogP contribution < -0.4 is 10.6 Å². The Kier molecular flexibility index (Phi) is 5.26. The van der Waals surface area contributed by atoms with Crippen molar-refractivity contribution in [1.29, 1.82) is 0 Å². The van der Waals surface area contributed by atoms with Gasteiger partial charge in [0.1, 0.15) is 0 Å². The fraction of sp³-hybridized carbons (Fsp3) is 0.250. The van der Waals surface area contributed by atoms with E-state index < -0.39 is 0 Å². The van der Waals surface area contributed by atoms with Crippen molar-refractivity contribution in [2.24, 2.45) is 0 Å². The molecule has 4 heteroatoms. The quantitative estimate of drug-likeness (QED) is 0.840. The fourth-order valence-corrected chi connectivity index (χ4v) is 1.90. The summed E-state index contributed by atoms with van der Waals surface area (Å²) in [6.07, 6.45) is 1.72. The van der Waals surface area contributed by atoms with E-state index in [0.717, 1.165) is 5.69 Å². The molecule has 1 amide bonds. The predicted octanol–water partition coefficient (Wildman–Crippen LogP) is 1.80. The Hall–Kier alpha value is -2.20. The standard InChI is InChI=1S/C16H19N3O/c1-13-5-4-6-14(9-13)10-17-12-16(20)19-11-15-7-2-3-8-18-15/h2-9,17H,10-12H2,1H3,(H,19,20). The van der Waals surface area contributed by atoms with E-state index in [9.17, 15) is 4.79 Å². The van der Waals surface area contributed by atoms with E-state index in [1.807, 2.05) is 30.3 Å². The number of aryl methyl sites for hydroxylation is 1. The van der Waals surface area contributed by atoms with Gasteiger partial charge in [-0.1, -0.05) is 35.9 Å².